The number of methoxy groups -OCH3 is 1. The number of nitrogens with one attached hydrogen (secondary N) is 1. The van der Waals surface area contributed by atoms with Crippen LogP contribution in [0.2, 0.25) is 0 Å². The number of benzene rings is 2. The van der Waals surface area contributed by atoms with Gasteiger partial charge in [-0.1, -0.05) is 24.3 Å². The molecule has 6 heteroatoms. The Morgan fingerprint density at radius 2 is 1.76 bits per heavy atom. The Morgan fingerprint density at radius 1 is 1.08 bits per heavy atom. The van der Waals surface area contributed by atoms with Crippen molar-refractivity contribution in [3.8, 4) is 5.75 Å². The maximum atomic E-state index is 12.3. The number of aryl methyl sites for hydroxylation is 1. The van der Waals surface area contributed by atoms with Gasteiger partial charge >= 0.3 is 5.69 Å². The molecular weight excluding hydrogens is 318 g/mol. The van der Waals surface area contributed by atoms with Gasteiger partial charge in [-0.15, -0.1) is 0 Å². The highest BCUT2D eigenvalue weighted by atomic mass is 16.5. The third-order valence-electron chi connectivity index (χ3n) is 4.23. The largest absolute Gasteiger partial charge is 0.497 e. The molecule has 1 N–H and O–H groups in total. The summed E-state index contributed by atoms with van der Waals surface area (Å²) in [5.41, 5.74) is 2.60. The van der Waals surface area contributed by atoms with E-state index in [0.29, 0.717) is 19.5 Å². The second-order valence-corrected chi connectivity index (χ2v) is 5.86. The number of imidazole rings is 1. The van der Waals surface area contributed by atoms with E-state index in [1.165, 1.54) is 0 Å². The van der Waals surface area contributed by atoms with Crippen LogP contribution < -0.4 is 15.7 Å². The summed E-state index contributed by atoms with van der Waals surface area (Å²) in [6.07, 6.45) is 0.300. The minimum absolute atomic E-state index is 0.0709. The van der Waals surface area contributed by atoms with Crippen LogP contribution in [0.25, 0.3) is 11.0 Å². The maximum absolute atomic E-state index is 12.3. The van der Waals surface area contributed by atoms with Gasteiger partial charge in [0.05, 0.1) is 24.6 Å². The monoisotopic (exact) mass is 339 g/mol. The SMILES string of the molecule is COc1ccc(CC(=O)NCCn2c(=O)n(C)c3ccccc32)cc1. The zero-order chi connectivity index (χ0) is 17.8. The first-order valence-electron chi connectivity index (χ1n) is 8.14. The Bertz CT molecular complexity index is 939. The number of carbonyl (C=O) groups is 1. The van der Waals surface area contributed by atoms with Crippen molar-refractivity contribution in [2.75, 3.05) is 13.7 Å². The lowest BCUT2D eigenvalue weighted by Crippen LogP contribution is -2.32. The van der Waals surface area contributed by atoms with Crippen LogP contribution in [0.15, 0.2) is 53.3 Å². The third kappa shape index (κ3) is 3.57. The van der Waals surface area contributed by atoms with Gasteiger partial charge < -0.3 is 10.1 Å². The number of nitrogens with zero attached hydrogens (tertiary/aromatic N) is 2. The van der Waals surface area contributed by atoms with E-state index in [1.807, 2.05) is 48.5 Å². The van der Waals surface area contributed by atoms with Crippen molar-refractivity contribution in [3.05, 3.63) is 64.6 Å². The second kappa shape index (κ2) is 7.25. The zero-order valence-electron chi connectivity index (χ0n) is 14.4. The number of amides is 1. The van der Waals surface area contributed by atoms with E-state index in [9.17, 15) is 9.59 Å². The fourth-order valence-corrected chi connectivity index (χ4v) is 2.88. The molecule has 130 valence electrons. The van der Waals surface area contributed by atoms with Crippen molar-refractivity contribution in [3.63, 3.8) is 0 Å². The van der Waals surface area contributed by atoms with Crippen LogP contribution in [-0.2, 0) is 24.8 Å². The van der Waals surface area contributed by atoms with E-state index in [4.69, 9.17) is 4.74 Å². The van der Waals surface area contributed by atoms with Crippen molar-refractivity contribution < 1.29 is 9.53 Å². The van der Waals surface area contributed by atoms with E-state index >= 15 is 0 Å². The van der Waals surface area contributed by atoms with Crippen LogP contribution >= 0.6 is 0 Å². The number of aromatic nitrogens is 2. The molecule has 0 saturated heterocycles. The predicted octanol–water partition coefficient (Wildman–Crippen LogP) is 1.71. The number of hydrogen-bond acceptors (Lipinski definition) is 3. The fourth-order valence-electron chi connectivity index (χ4n) is 2.88. The van der Waals surface area contributed by atoms with Gasteiger partial charge in [-0.3, -0.25) is 13.9 Å². The number of para-hydroxylation sites is 2. The number of rotatable bonds is 6. The van der Waals surface area contributed by atoms with E-state index in [1.54, 1.807) is 23.3 Å². The Morgan fingerprint density at radius 3 is 2.44 bits per heavy atom. The number of ether oxygens (including phenoxy) is 1. The van der Waals surface area contributed by atoms with Gasteiger partial charge in [0.15, 0.2) is 0 Å². The number of hydrogen-bond donors (Lipinski definition) is 1. The molecule has 25 heavy (non-hydrogen) atoms. The predicted molar refractivity (Wildman–Crippen MR) is 96.9 cm³/mol. The summed E-state index contributed by atoms with van der Waals surface area (Å²) in [5, 5.41) is 2.87. The summed E-state index contributed by atoms with van der Waals surface area (Å²) in [7, 11) is 3.36. The van der Waals surface area contributed by atoms with Crippen molar-refractivity contribution in [1.29, 1.82) is 0 Å². The quantitative estimate of drug-likeness (QED) is 0.743. The summed E-state index contributed by atoms with van der Waals surface area (Å²) < 4.78 is 8.40. The normalized spacial score (nSPS) is 10.8. The molecule has 3 rings (SSSR count). The Hall–Kier alpha value is -3.02. The molecule has 0 saturated carbocycles. The number of carbonyl (C=O) groups excluding carboxylic acids is 1. The highest BCUT2D eigenvalue weighted by Gasteiger charge is 2.10. The molecule has 1 amide bonds. The average molecular weight is 339 g/mol. The van der Waals surface area contributed by atoms with Gasteiger partial charge in [0.25, 0.3) is 0 Å². The van der Waals surface area contributed by atoms with Crippen molar-refractivity contribution in [1.82, 2.24) is 14.5 Å². The molecule has 1 heterocycles. The summed E-state index contributed by atoms with van der Waals surface area (Å²) in [4.78, 5) is 24.4. The minimum atomic E-state index is -0.0781. The van der Waals surface area contributed by atoms with Crippen LogP contribution in [0.3, 0.4) is 0 Å². The minimum Gasteiger partial charge on any atom is -0.497 e. The molecule has 1 aromatic heterocycles. The molecule has 2 aromatic carbocycles. The first-order chi connectivity index (χ1) is 12.1. The molecule has 0 radical (unpaired) electrons. The summed E-state index contributed by atoms with van der Waals surface area (Å²) in [6.45, 7) is 0.845. The summed E-state index contributed by atoms with van der Waals surface area (Å²) in [6, 6.07) is 15.0. The standard InChI is InChI=1S/C19H21N3O3/c1-21-16-5-3-4-6-17(16)22(19(21)24)12-11-20-18(23)13-14-7-9-15(25-2)10-8-14/h3-10H,11-13H2,1-2H3,(H,20,23). The van der Waals surface area contributed by atoms with Crippen molar-refractivity contribution in [2.24, 2.45) is 7.05 Å². The highest BCUT2D eigenvalue weighted by molar-refractivity contribution is 5.78. The van der Waals surface area contributed by atoms with Gasteiger partial charge in [-0.05, 0) is 29.8 Å². The Kier molecular flexibility index (Phi) is 4.88. The maximum Gasteiger partial charge on any atom is 0.328 e. The zero-order valence-corrected chi connectivity index (χ0v) is 14.4. The smallest absolute Gasteiger partial charge is 0.328 e. The Balaban J connectivity index is 1.60. The molecule has 0 aliphatic rings. The van der Waals surface area contributed by atoms with Gasteiger partial charge in [0, 0.05) is 20.1 Å². The molecule has 3 aromatic rings. The fraction of sp³-hybridized carbons (Fsp3) is 0.263. The van der Waals surface area contributed by atoms with E-state index in [0.717, 1.165) is 22.3 Å². The Labute approximate surface area is 145 Å². The lowest BCUT2D eigenvalue weighted by molar-refractivity contribution is -0.120. The van der Waals surface area contributed by atoms with Crippen LogP contribution in [0.5, 0.6) is 5.75 Å². The lowest BCUT2D eigenvalue weighted by Gasteiger charge is -2.07. The molecular formula is C19H21N3O3. The molecule has 0 fully saturated rings. The molecule has 0 bridgehead atoms. The molecule has 0 atom stereocenters. The van der Waals surface area contributed by atoms with Crippen LogP contribution in [0, 0.1) is 0 Å². The average Bonchev–Trinajstić information content (AvgIpc) is 2.87. The van der Waals surface area contributed by atoms with E-state index < -0.39 is 0 Å². The van der Waals surface area contributed by atoms with Crippen LogP contribution in [0.1, 0.15) is 5.56 Å². The highest BCUT2D eigenvalue weighted by Crippen LogP contribution is 2.12. The first-order valence-corrected chi connectivity index (χ1v) is 8.14. The van der Waals surface area contributed by atoms with Gasteiger partial charge in [-0.2, -0.15) is 0 Å². The van der Waals surface area contributed by atoms with Crippen molar-refractivity contribution in [2.45, 2.75) is 13.0 Å². The van der Waals surface area contributed by atoms with E-state index in [-0.39, 0.29) is 11.6 Å². The third-order valence-corrected chi connectivity index (χ3v) is 4.23. The van der Waals surface area contributed by atoms with Crippen LogP contribution in [0.4, 0.5) is 0 Å². The molecule has 0 aliphatic carbocycles. The lowest BCUT2D eigenvalue weighted by atomic mass is 10.1. The summed E-state index contributed by atoms with van der Waals surface area (Å²) >= 11 is 0. The summed E-state index contributed by atoms with van der Waals surface area (Å²) in [5.74, 6) is 0.693. The van der Waals surface area contributed by atoms with Gasteiger partial charge in [-0.25, -0.2) is 4.79 Å². The molecule has 0 unspecified atom stereocenters. The van der Waals surface area contributed by atoms with Gasteiger partial charge in [0.2, 0.25) is 5.91 Å². The van der Waals surface area contributed by atoms with Crippen LogP contribution in [-0.4, -0.2) is 28.7 Å². The molecule has 6 nitrogen and oxygen atoms in total. The van der Waals surface area contributed by atoms with Gasteiger partial charge in [0.1, 0.15) is 5.75 Å². The van der Waals surface area contributed by atoms with E-state index in [2.05, 4.69) is 5.32 Å². The molecule has 0 aliphatic heterocycles. The topological polar surface area (TPSA) is 65.3 Å². The second-order valence-electron chi connectivity index (χ2n) is 5.86. The van der Waals surface area contributed by atoms with Crippen molar-refractivity contribution >= 4 is 16.9 Å². The molecule has 0 spiro atoms. The first kappa shape index (κ1) is 16.8. The number of fused-ring (bicyclic) bond motifs is 1.